The fourth-order valence-corrected chi connectivity index (χ4v) is 8.83. The molecule has 0 radical (unpaired) electrons. The SMILES string of the molecule is CC1(C)O[C@@H]2C[C@H]3[C@@H]4CCC5=CC(=O)CC[C@]5(C)[C@@]4(F)[C@@H](O)C[C@]3(C)[C@]2(C(=O)CI)O1. The van der Waals surface area contributed by atoms with Crippen LogP contribution in [0.5, 0.6) is 0 Å². The Morgan fingerprint density at radius 2 is 1.97 bits per heavy atom. The molecule has 1 saturated heterocycles. The molecule has 5 aliphatic rings. The molecular formula is C24H32FIO5. The van der Waals surface area contributed by atoms with Gasteiger partial charge in [0.05, 0.1) is 16.6 Å². The monoisotopic (exact) mass is 546 g/mol. The number of carbonyl (C=O) groups is 2. The molecule has 5 rings (SSSR count). The molecule has 1 heterocycles. The largest absolute Gasteiger partial charge is 0.390 e. The first kappa shape index (κ1) is 22.4. The van der Waals surface area contributed by atoms with Crippen molar-refractivity contribution in [3.8, 4) is 0 Å². The molecule has 3 saturated carbocycles. The van der Waals surface area contributed by atoms with Gasteiger partial charge in [-0.1, -0.05) is 42.0 Å². The van der Waals surface area contributed by atoms with E-state index in [0.717, 1.165) is 5.57 Å². The van der Waals surface area contributed by atoms with Gasteiger partial charge in [-0.2, -0.15) is 0 Å². The second-order valence-corrected chi connectivity index (χ2v) is 12.0. The zero-order chi connectivity index (χ0) is 22.6. The number of hydrogen-bond acceptors (Lipinski definition) is 5. The average Bonchev–Trinajstić information content (AvgIpc) is 3.09. The molecule has 0 amide bonds. The van der Waals surface area contributed by atoms with Gasteiger partial charge in [-0.15, -0.1) is 0 Å². The average molecular weight is 546 g/mol. The normalized spacial score (nSPS) is 52.6. The van der Waals surface area contributed by atoms with Gasteiger partial charge in [0.25, 0.3) is 0 Å². The minimum Gasteiger partial charge on any atom is -0.390 e. The molecule has 4 aliphatic carbocycles. The summed E-state index contributed by atoms with van der Waals surface area (Å²) in [5.74, 6) is -1.41. The van der Waals surface area contributed by atoms with Crippen LogP contribution in [0, 0.1) is 22.7 Å². The van der Waals surface area contributed by atoms with E-state index >= 15 is 4.39 Å². The first-order valence-electron chi connectivity index (χ1n) is 11.4. The van der Waals surface area contributed by atoms with Crippen molar-refractivity contribution < 1.29 is 28.6 Å². The number of aliphatic hydroxyl groups is 1. The van der Waals surface area contributed by atoms with Crippen molar-refractivity contribution in [3.05, 3.63) is 11.6 Å². The van der Waals surface area contributed by atoms with E-state index in [1.165, 1.54) is 0 Å². The van der Waals surface area contributed by atoms with E-state index in [1.807, 2.05) is 27.7 Å². The second kappa shape index (κ2) is 6.60. The number of hydrogen-bond donors (Lipinski definition) is 1. The molecule has 4 fully saturated rings. The third-order valence-electron chi connectivity index (χ3n) is 9.57. The van der Waals surface area contributed by atoms with Gasteiger partial charge in [0, 0.05) is 23.2 Å². The maximum atomic E-state index is 17.2. The van der Waals surface area contributed by atoms with Gasteiger partial charge in [0.1, 0.15) is 5.67 Å². The predicted octanol–water partition coefficient (Wildman–Crippen LogP) is 4.09. The fraction of sp³-hybridized carbons (Fsp3) is 0.833. The summed E-state index contributed by atoms with van der Waals surface area (Å²) in [5.41, 5.74) is -3.72. The summed E-state index contributed by atoms with van der Waals surface area (Å²) in [6.07, 6.45) is 2.62. The standard InChI is InChI=1S/C24H32FIO5/c1-20(2)30-19-10-16-15-6-5-13-9-14(27)7-8-21(13,3)23(15,25)17(28)11-22(16,4)24(19,31-20)18(29)12-26/h9,15-17,19,28H,5-8,10-12H2,1-4H3/t15-,16-,17-,19+,21-,22-,23-,24+/m0/s1. The Labute approximate surface area is 196 Å². The molecule has 5 nitrogen and oxygen atoms in total. The Hall–Kier alpha value is -0.380. The molecule has 0 aromatic carbocycles. The van der Waals surface area contributed by atoms with Crippen LogP contribution in [0.1, 0.15) is 66.2 Å². The predicted molar refractivity (Wildman–Crippen MR) is 120 cm³/mol. The lowest BCUT2D eigenvalue weighted by atomic mass is 9.44. The molecule has 0 spiro atoms. The molecule has 0 aromatic heterocycles. The minimum atomic E-state index is -1.83. The van der Waals surface area contributed by atoms with E-state index in [2.05, 4.69) is 22.6 Å². The number of carbonyl (C=O) groups excluding carboxylic acids is 2. The van der Waals surface area contributed by atoms with E-state index in [0.29, 0.717) is 32.1 Å². The van der Waals surface area contributed by atoms with Crippen molar-refractivity contribution in [1.82, 2.24) is 0 Å². The summed E-state index contributed by atoms with van der Waals surface area (Å²) < 4.78 is 30.2. The third-order valence-corrected chi connectivity index (χ3v) is 10.3. The van der Waals surface area contributed by atoms with Crippen molar-refractivity contribution in [2.45, 2.75) is 95.5 Å². The Kier molecular flexibility index (Phi) is 4.77. The zero-order valence-electron chi connectivity index (χ0n) is 18.7. The van der Waals surface area contributed by atoms with Crippen LogP contribution < -0.4 is 0 Å². The lowest BCUT2D eigenvalue weighted by Crippen LogP contribution is -2.70. The molecule has 0 bridgehead atoms. The quantitative estimate of drug-likeness (QED) is 0.418. The van der Waals surface area contributed by atoms with Crippen LogP contribution in [-0.4, -0.2) is 50.4 Å². The van der Waals surface area contributed by atoms with E-state index in [9.17, 15) is 14.7 Å². The summed E-state index contributed by atoms with van der Waals surface area (Å²) in [5, 5.41) is 11.5. The number of Topliss-reactive ketones (excluding diaryl/α,β-unsaturated/α-hetero) is 1. The highest BCUT2D eigenvalue weighted by molar-refractivity contribution is 14.1. The first-order valence-corrected chi connectivity index (χ1v) is 13.0. The molecular weight excluding hydrogens is 514 g/mol. The number of ketones is 2. The van der Waals surface area contributed by atoms with Crippen molar-refractivity contribution in [1.29, 1.82) is 0 Å². The van der Waals surface area contributed by atoms with Gasteiger partial charge < -0.3 is 14.6 Å². The van der Waals surface area contributed by atoms with Crippen LogP contribution in [0.3, 0.4) is 0 Å². The van der Waals surface area contributed by atoms with Crippen molar-refractivity contribution in [2.24, 2.45) is 22.7 Å². The molecule has 172 valence electrons. The maximum Gasteiger partial charge on any atom is 0.177 e. The summed E-state index contributed by atoms with van der Waals surface area (Å²) in [6, 6.07) is 0. The molecule has 1 aliphatic heterocycles. The summed E-state index contributed by atoms with van der Waals surface area (Å²) in [7, 11) is 0. The van der Waals surface area contributed by atoms with Crippen LogP contribution >= 0.6 is 22.6 Å². The van der Waals surface area contributed by atoms with E-state index in [4.69, 9.17) is 9.47 Å². The van der Waals surface area contributed by atoms with Gasteiger partial charge in [-0.3, -0.25) is 9.59 Å². The minimum absolute atomic E-state index is 0.0295. The van der Waals surface area contributed by atoms with Crippen LogP contribution in [0.2, 0.25) is 0 Å². The number of halogens is 2. The number of aliphatic hydroxyl groups excluding tert-OH is 1. The molecule has 31 heavy (non-hydrogen) atoms. The maximum absolute atomic E-state index is 17.2. The molecule has 0 aromatic rings. The number of allylic oxidation sites excluding steroid dienone is 1. The highest BCUT2D eigenvalue weighted by Crippen LogP contribution is 2.72. The first-order chi connectivity index (χ1) is 14.4. The van der Waals surface area contributed by atoms with Crippen molar-refractivity contribution >= 4 is 34.2 Å². The summed E-state index contributed by atoms with van der Waals surface area (Å²) in [6.45, 7) is 7.54. The van der Waals surface area contributed by atoms with Gasteiger partial charge in [0.15, 0.2) is 23.0 Å². The van der Waals surface area contributed by atoms with E-state index in [1.54, 1.807) is 6.08 Å². The Bertz CT molecular complexity index is 887. The summed E-state index contributed by atoms with van der Waals surface area (Å²) in [4.78, 5) is 25.5. The van der Waals surface area contributed by atoms with Crippen molar-refractivity contribution in [3.63, 3.8) is 0 Å². The molecule has 0 unspecified atom stereocenters. The number of ether oxygens (including phenoxy) is 2. The topological polar surface area (TPSA) is 72.8 Å². The molecule has 1 N–H and O–H groups in total. The van der Waals surface area contributed by atoms with E-state index in [-0.39, 0.29) is 28.3 Å². The molecule has 8 atom stereocenters. The van der Waals surface area contributed by atoms with Crippen LogP contribution in [0.25, 0.3) is 0 Å². The van der Waals surface area contributed by atoms with Crippen LogP contribution in [0.4, 0.5) is 4.39 Å². The van der Waals surface area contributed by atoms with Crippen molar-refractivity contribution in [2.75, 3.05) is 4.43 Å². The summed E-state index contributed by atoms with van der Waals surface area (Å²) >= 11 is 2.07. The van der Waals surface area contributed by atoms with Gasteiger partial charge in [-0.25, -0.2) is 4.39 Å². The number of alkyl halides is 2. The highest BCUT2D eigenvalue weighted by Gasteiger charge is 2.79. The number of fused-ring (bicyclic) bond motifs is 7. The Morgan fingerprint density at radius 1 is 1.26 bits per heavy atom. The Morgan fingerprint density at radius 3 is 2.65 bits per heavy atom. The Balaban J connectivity index is 1.63. The molecule has 7 heteroatoms. The van der Waals surface area contributed by atoms with Gasteiger partial charge >= 0.3 is 0 Å². The van der Waals surface area contributed by atoms with E-state index < -0.39 is 46.0 Å². The van der Waals surface area contributed by atoms with Crippen LogP contribution in [0.15, 0.2) is 11.6 Å². The third kappa shape index (κ3) is 2.52. The number of rotatable bonds is 2. The lowest BCUT2D eigenvalue weighted by molar-refractivity contribution is -0.250. The van der Waals surface area contributed by atoms with Crippen LogP contribution in [-0.2, 0) is 19.1 Å². The van der Waals surface area contributed by atoms with Gasteiger partial charge in [0.2, 0.25) is 0 Å². The lowest BCUT2D eigenvalue weighted by Gasteiger charge is -2.63. The van der Waals surface area contributed by atoms with Gasteiger partial charge in [-0.05, 0) is 57.9 Å². The highest BCUT2D eigenvalue weighted by atomic mass is 127. The zero-order valence-corrected chi connectivity index (χ0v) is 20.8. The fourth-order valence-electron chi connectivity index (χ4n) is 8.27. The smallest absolute Gasteiger partial charge is 0.177 e. The second-order valence-electron chi connectivity index (χ2n) is 11.3.